The lowest BCUT2D eigenvalue weighted by Crippen LogP contribution is -2.50. The Bertz CT molecular complexity index is 946. The number of likely N-dealkylation sites (tertiary alicyclic amines) is 2. The maximum atomic E-state index is 13.1. The molecule has 0 N–H and O–H groups in total. The third kappa shape index (κ3) is 3.11. The molecule has 0 aliphatic carbocycles. The minimum absolute atomic E-state index is 0.0191. The van der Waals surface area contributed by atoms with Crippen molar-refractivity contribution < 1.29 is 9.59 Å². The zero-order chi connectivity index (χ0) is 19.0. The molecule has 27 heavy (non-hydrogen) atoms. The number of rotatable bonds is 2. The van der Waals surface area contributed by atoms with Crippen LogP contribution in [-0.2, 0) is 4.79 Å². The third-order valence-corrected chi connectivity index (χ3v) is 5.62. The number of piperidine rings is 1. The second kappa shape index (κ2) is 7.13. The lowest BCUT2D eigenvalue weighted by atomic mass is 10.1. The lowest BCUT2D eigenvalue weighted by molar-refractivity contribution is -0.136. The summed E-state index contributed by atoms with van der Waals surface area (Å²) in [5, 5.41) is 0. The summed E-state index contributed by atoms with van der Waals surface area (Å²) in [6, 6.07) is 4.91. The summed E-state index contributed by atoms with van der Waals surface area (Å²) in [5.74, 6) is -0.372. The van der Waals surface area contributed by atoms with Gasteiger partial charge in [0.2, 0.25) is 5.91 Å². The largest absolute Gasteiger partial charge is 0.341 e. The molecule has 7 nitrogen and oxygen atoms in total. The van der Waals surface area contributed by atoms with Crippen LogP contribution in [0.2, 0.25) is 0 Å². The Labute approximate surface area is 157 Å². The molecule has 7 heteroatoms. The second-order valence-electron chi connectivity index (χ2n) is 7.38. The minimum atomic E-state index is -0.465. The average molecular weight is 368 g/mol. The van der Waals surface area contributed by atoms with E-state index in [4.69, 9.17) is 0 Å². The number of hydrogen-bond acceptors (Lipinski definition) is 4. The summed E-state index contributed by atoms with van der Waals surface area (Å²) >= 11 is 0. The van der Waals surface area contributed by atoms with E-state index in [1.165, 1.54) is 10.6 Å². The number of hydrogen-bond donors (Lipinski definition) is 0. The normalized spacial score (nSPS) is 20.3. The van der Waals surface area contributed by atoms with Gasteiger partial charge in [-0.3, -0.25) is 18.8 Å². The first kappa shape index (κ1) is 17.7. The van der Waals surface area contributed by atoms with Crippen molar-refractivity contribution in [2.24, 2.45) is 0 Å². The van der Waals surface area contributed by atoms with Gasteiger partial charge < -0.3 is 9.80 Å². The molecule has 2 saturated heterocycles. The maximum Gasteiger partial charge on any atom is 0.270 e. The van der Waals surface area contributed by atoms with Crippen molar-refractivity contribution in [1.82, 2.24) is 19.2 Å². The monoisotopic (exact) mass is 368 g/mol. The van der Waals surface area contributed by atoms with Crippen LogP contribution < -0.4 is 5.56 Å². The molecule has 1 atom stereocenters. The summed E-state index contributed by atoms with van der Waals surface area (Å²) in [5.41, 5.74) is 0.889. The highest BCUT2D eigenvalue weighted by Gasteiger charge is 2.38. The van der Waals surface area contributed by atoms with Gasteiger partial charge in [-0.25, -0.2) is 4.98 Å². The Hall–Kier alpha value is -2.70. The van der Waals surface area contributed by atoms with Crippen LogP contribution in [0.1, 0.15) is 48.2 Å². The Balaban J connectivity index is 1.64. The molecular formula is C20H24N4O3. The molecule has 0 spiro atoms. The van der Waals surface area contributed by atoms with Crippen LogP contribution in [0.5, 0.6) is 0 Å². The van der Waals surface area contributed by atoms with E-state index in [2.05, 4.69) is 4.98 Å². The molecule has 0 radical (unpaired) electrons. The van der Waals surface area contributed by atoms with Crippen LogP contribution in [0, 0.1) is 6.92 Å². The molecule has 4 heterocycles. The highest BCUT2D eigenvalue weighted by Crippen LogP contribution is 2.23. The Kier molecular flexibility index (Phi) is 4.68. The van der Waals surface area contributed by atoms with E-state index in [-0.39, 0.29) is 17.0 Å². The molecule has 0 aromatic carbocycles. The number of pyridine rings is 1. The standard InChI is InChI=1S/C20H24N4O3/c1-14-7-5-9-17-21-13-15(19(26)24(14)17)18(25)23-12-6-8-16(23)20(27)22-10-3-2-4-11-22/h5,7,9,13,16H,2-4,6,8,10-12H2,1H3/t16-/m0/s1. The lowest BCUT2D eigenvalue weighted by Gasteiger charge is -2.32. The number of aromatic nitrogens is 2. The van der Waals surface area contributed by atoms with Gasteiger partial charge in [0.1, 0.15) is 17.3 Å². The van der Waals surface area contributed by atoms with Crippen molar-refractivity contribution in [2.45, 2.75) is 45.1 Å². The summed E-state index contributed by atoms with van der Waals surface area (Å²) < 4.78 is 1.45. The Morgan fingerprint density at radius 1 is 1.07 bits per heavy atom. The summed E-state index contributed by atoms with van der Waals surface area (Å²) in [4.78, 5) is 46.7. The fraction of sp³-hybridized carbons (Fsp3) is 0.500. The van der Waals surface area contributed by atoms with Gasteiger partial charge in [-0.05, 0) is 51.2 Å². The molecule has 2 aromatic rings. The fourth-order valence-electron chi connectivity index (χ4n) is 4.17. The number of aryl methyl sites for hydroxylation is 1. The van der Waals surface area contributed by atoms with Crippen LogP contribution >= 0.6 is 0 Å². The van der Waals surface area contributed by atoms with Gasteiger partial charge in [-0.15, -0.1) is 0 Å². The third-order valence-electron chi connectivity index (χ3n) is 5.62. The van der Waals surface area contributed by atoms with E-state index in [1.54, 1.807) is 11.0 Å². The molecule has 4 rings (SSSR count). The Morgan fingerprint density at radius 2 is 1.85 bits per heavy atom. The molecule has 2 fully saturated rings. The van der Waals surface area contributed by atoms with Gasteiger partial charge >= 0.3 is 0 Å². The fourth-order valence-corrected chi connectivity index (χ4v) is 4.17. The topological polar surface area (TPSA) is 75.0 Å². The molecule has 0 bridgehead atoms. The molecule has 2 amide bonds. The molecule has 142 valence electrons. The van der Waals surface area contributed by atoms with Gasteiger partial charge in [0.15, 0.2) is 0 Å². The van der Waals surface area contributed by atoms with E-state index >= 15 is 0 Å². The van der Waals surface area contributed by atoms with Crippen molar-refractivity contribution in [3.8, 4) is 0 Å². The smallest absolute Gasteiger partial charge is 0.270 e. The van der Waals surface area contributed by atoms with Gasteiger partial charge in [0.05, 0.1) is 0 Å². The number of carbonyl (C=O) groups is 2. The molecule has 2 aromatic heterocycles. The van der Waals surface area contributed by atoms with Crippen molar-refractivity contribution in [3.63, 3.8) is 0 Å². The summed E-state index contributed by atoms with van der Waals surface area (Å²) in [6.45, 7) is 3.83. The van der Waals surface area contributed by atoms with Gasteiger partial charge in [-0.2, -0.15) is 0 Å². The maximum absolute atomic E-state index is 13.1. The Morgan fingerprint density at radius 3 is 2.63 bits per heavy atom. The quantitative estimate of drug-likeness (QED) is 0.807. The SMILES string of the molecule is Cc1cccc2ncc(C(=O)N3CCC[C@H]3C(=O)N3CCCCC3)c(=O)n12. The van der Waals surface area contributed by atoms with Crippen LogP contribution in [0.4, 0.5) is 0 Å². The van der Waals surface area contributed by atoms with Crippen LogP contribution in [0.3, 0.4) is 0 Å². The van der Waals surface area contributed by atoms with Crippen LogP contribution in [-0.4, -0.2) is 56.7 Å². The summed E-state index contributed by atoms with van der Waals surface area (Å²) in [7, 11) is 0. The minimum Gasteiger partial charge on any atom is -0.341 e. The number of nitrogens with zero attached hydrogens (tertiary/aromatic N) is 4. The van der Waals surface area contributed by atoms with E-state index in [9.17, 15) is 14.4 Å². The van der Waals surface area contributed by atoms with Crippen molar-refractivity contribution in [1.29, 1.82) is 0 Å². The van der Waals surface area contributed by atoms with Gasteiger partial charge in [0, 0.05) is 31.5 Å². The predicted octanol–water partition coefficient (Wildman–Crippen LogP) is 1.62. The van der Waals surface area contributed by atoms with Crippen LogP contribution in [0.25, 0.3) is 5.65 Å². The van der Waals surface area contributed by atoms with E-state index in [0.717, 1.165) is 44.5 Å². The molecule has 2 aliphatic heterocycles. The first-order chi connectivity index (χ1) is 13.1. The predicted molar refractivity (Wildman–Crippen MR) is 101 cm³/mol. The zero-order valence-electron chi connectivity index (χ0n) is 15.6. The van der Waals surface area contributed by atoms with Gasteiger partial charge in [-0.1, -0.05) is 6.07 Å². The van der Waals surface area contributed by atoms with Crippen molar-refractivity contribution in [3.05, 3.63) is 46.0 Å². The van der Waals surface area contributed by atoms with Gasteiger partial charge in [0.25, 0.3) is 11.5 Å². The molecule has 0 saturated carbocycles. The van der Waals surface area contributed by atoms with Crippen molar-refractivity contribution in [2.75, 3.05) is 19.6 Å². The van der Waals surface area contributed by atoms with E-state index in [1.807, 2.05) is 24.0 Å². The number of carbonyl (C=O) groups excluding carboxylic acids is 2. The van der Waals surface area contributed by atoms with E-state index < -0.39 is 11.9 Å². The first-order valence-electron chi connectivity index (χ1n) is 9.65. The molecular weight excluding hydrogens is 344 g/mol. The highest BCUT2D eigenvalue weighted by molar-refractivity contribution is 5.97. The first-order valence-corrected chi connectivity index (χ1v) is 9.65. The summed E-state index contributed by atoms with van der Waals surface area (Å²) in [6.07, 6.45) is 5.96. The average Bonchev–Trinajstić information content (AvgIpc) is 3.18. The number of fused-ring (bicyclic) bond motifs is 1. The molecule has 2 aliphatic rings. The van der Waals surface area contributed by atoms with Crippen molar-refractivity contribution >= 4 is 17.5 Å². The van der Waals surface area contributed by atoms with E-state index in [0.29, 0.717) is 18.6 Å². The highest BCUT2D eigenvalue weighted by atomic mass is 16.2. The van der Waals surface area contributed by atoms with Crippen LogP contribution in [0.15, 0.2) is 29.2 Å². The zero-order valence-corrected chi connectivity index (χ0v) is 15.6. The second-order valence-corrected chi connectivity index (χ2v) is 7.38. The molecule has 0 unspecified atom stereocenters. The number of amides is 2.